The molecule has 6 atom stereocenters. The van der Waals surface area contributed by atoms with Crippen molar-refractivity contribution >= 4 is 0 Å². The van der Waals surface area contributed by atoms with Crippen molar-refractivity contribution in [3.05, 3.63) is 14.9 Å². The first kappa shape index (κ1) is 21.8. The van der Waals surface area contributed by atoms with Crippen LogP contribution in [-0.2, 0) is 21.7 Å². The minimum absolute atomic E-state index is 0. The molecule has 0 nitrogen and oxygen atoms in total. The summed E-state index contributed by atoms with van der Waals surface area (Å²) in [5.74, 6) is 6.91. The molecule has 0 bridgehead atoms. The van der Waals surface area contributed by atoms with Crippen molar-refractivity contribution in [2.75, 3.05) is 0 Å². The molecule has 0 aromatic heterocycles. The number of rotatable bonds is 3. The van der Waals surface area contributed by atoms with E-state index >= 15 is 0 Å². The van der Waals surface area contributed by atoms with Crippen LogP contribution in [0.2, 0.25) is 0 Å². The molecule has 4 aliphatic carbocycles. The molecule has 1 heteroatoms. The van der Waals surface area contributed by atoms with Gasteiger partial charge in [-0.3, -0.25) is 0 Å². The molecule has 0 spiro atoms. The third-order valence-electron chi connectivity index (χ3n) is 7.87. The van der Waals surface area contributed by atoms with Crippen LogP contribution in [0.4, 0.5) is 0 Å². The van der Waals surface area contributed by atoms with Crippen LogP contribution >= 0.6 is 0 Å². The average Bonchev–Trinajstić information content (AvgIpc) is 3.09. The van der Waals surface area contributed by atoms with Gasteiger partial charge in [0.25, 0.3) is 0 Å². The zero-order valence-corrected chi connectivity index (χ0v) is 17.4. The molecule has 0 radical (unpaired) electrons. The molecule has 4 aliphatic rings. The fourth-order valence-electron chi connectivity index (χ4n) is 6.86. The summed E-state index contributed by atoms with van der Waals surface area (Å²) < 4.78 is 0. The molecule has 6 unspecified atom stereocenters. The van der Waals surface area contributed by atoms with Crippen molar-refractivity contribution in [3.63, 3.8) is 0 Å². The van der Waals surface area contributed by atoms with E-state index in [0.717, 1.165) is 35.5 Å². The summed E-state index contributed by atoms with van der Waals surface area (Å²) >= 11 is 0. The Bertz CT molecular complexity index is 294. The summed E-state index contributed by atoms with van der Waals surface area (Å²) in [6.07, 6.45) is 22.1. The third-order valence-corrected chi connectivity index (χ3v) is 7.87. The summed E-state index contributed by atoms with van der Waals surface area (Å²) in [5, 5.41) is 0. The summed E-state index contributed by atoms with van der Waals surface area (Å²) in [7, 11) is 0. The van der Waals surface area contributed by atoms with E-state index in [0.29, 0.717) is 0 Å². The molecule has 4 rings (SSSR count). The molecular weight excluding hydrogens is 312 g/mol. The Morgan fingerprint density at radius 1 is 0.478 bits per heavy atom. The molecule has 0 aromatic rings. The van der Waals surface area contributed by atoms with Crippen LogP contribution in [0.3, 0.4) is 0 Å². The first-order valence-electron chi connectivity index (χ1n) is 9.92. The molecule has 4 saturated carbocycles. The Hall–Kier alpha value is 0.714. The quantitative estimate of drug-likeness (QED) is 0.375. The second-order valence-corrected chi connectivity index (χ2v) is 8.67. The van der Waals surface area contributed by atoms with Crippen molar-refractivity contribution < 1.29 is 21.7 Å². The van der Waals surface area contributed by atoms with Gasteiger partial charge in [-0.1, -0.05) is 38.5 Å². The van der Waals surface area contributed by atoms with Crippen LogP contribution in [-0.4, -0.2) is 0 Å². The Morgan fingerprint density at radius 2 is 0.870 bits per heavy atom. The van der Waals surface area contributed by atoms with Gasteiger partial charge in [0, 0.05) is 0 Å². The minimum Gasteiger partial charge on any atom is -0.358 e. The molecular formula is C22H40Ti+2. The van der Waals surface area contributed by atoms with Crippen LogP contribution in [0, 0.1) is 50.4 Å². The van der Waals surface area contributed by atoms with Gasteiger partial charge in [0.1, 0.15) is 0 Å². The second-order valence-electron chi connectivity index (χ2n) is 8.67. The van der Waals surface area contributed by atoms with Crippen molar-refractivity contribution in [3.8, 4) is 0 Å². The zero-order chi connectivity index (χ0) is 13.4. The molecule has 130 valence electrons. The zero-order valence-electron chi connectivity index (χ0n) is 15.9. The maximum atomic E-state index is 1.61. The maximum Gasteiger partial charge on any atom is 4.00 e. The van der Waals surface area contributed by atoms with E-state index in [4.69, 9.17) is 0 Å². The van der Waals surface area contributed by atoms with Crippen LogP contribution < -0.4 is 0 Å². The van der Waals surface area contributed by atoms with Gasteiger partial charge in [-0.05, 0) is 86.9 Å². The van der Waals surface area contributed by atoms with Crippen LogP contribution in [0.25, 0.3) is 0 Å². The topological polar surface area (TPSA) is 0 Å². The van der Waals surface area contributed by atoms with E-state index in [2.05, 4.69) is 0 Å². The molecule has 0 amide bonds. The summed E-state index contributed by atoms with van der Waals surface area (Å²) in [4.78, 5) is 0. The monoisotopic (exact) mass is 352 g/mol. The maximum absolute atomic E-state index is 1.61. The van der Waals surface area contributed by atoms with Gasteiger partial charge in [0.15, 0.2) is 0 Å². The van der Waals surface area contributed by atoms with Gasteiger partial charge in [-0.15, -0.1) is 0 Å². The van der Waals surface area contributed by atoms with Gasteiger partial charge in [0.05, 0.1) is 0 Å². The van der Waals surface area contributed by atoms with E-state index in [9.17, 15) is 0 Å². The standard InChI is InChI=1S/C20H34.2CH3.Ti/c1-3-7-19-15(5-1)9-11-17(19)13-14-18-12-10-16-6-2-4-8-20(16)18;;;/h15-20H,1-14H2;2*1H3;/q;2*-1;+4. The van der Waals surface area contributed by atoms with Gasteiger partial charge >= 0.3 is 21.7 Å². The minimum atomic E-state index is 0. The van der Waals surface area contributed by atoms with Gasteiger partial charge < -0.3 is 14.9 Å². The Balaban J connectivity index is 0.000000882. The molecule has 0 aromatic carbocycles. The second kappa shape index (κ2) is 10.0. The number of fused-ring (bicyclic) bond motifs is 2. The van der Waals surface area contributed by atoms with E-state index in [1.807, 2.05) is 0 Å². The number of hydrogen-bond acceptors (Lipinski definition) is 0. The fraction of sp³-hybridized carbons (Fsp3) is 0.909. The molecule has 0 aliphatic heterocycles. The Kier molecular flexibility index (Phi) is 9.47. The molecule has 0 heterocycles. The average molecular weight is 352 g/mol. The van der Waals surface area contributed by atoms with Crippen LogP contribution in [0.15, 0.2) is 0 Å². The molecule has 0 N–H and O–H groups in total. The molecule has 4 fully saturated rings. The van der Waals surface area contributed by atoms with Gasteiger partial charge in [0.2, 0.25) is 0 Å². The molecule has 0 saturated heterocycles. The Labute approximate surface area is 161 Å². The summed E-state index contributed by atoms with van der Waals surface area (Å²) in [6, 6.07) is 0. The van der Waals surface area contributed by atoms with Crippen LogP contribution in [0.1, 0.15) is 89.9 Å². The van der Waals surface area contributed by atoms with E-state index < -0.39 is 0 Å². The van der Waals surface area contributed by atoms with Crippen molar-refractivity contribution in [1.29, 1.82) is 0 Å². The third kappa shape index (κ3) is 4.66. The summed E-state index contributed by atoms with van der Waals surface area (Å²) in [6.45, 7) is 0. The van der Waals surface area contributed by atoms with Crippen molar-refractivity contribution in [2.24, 2.45) is 35.5 Å². The first-order chi connectivity index (χ1) is 9.92. The van der Waals surface area contributed by atoms with E-state index in [1.165, 1.54) is 0 Å². The smallest absolute Gasteiger partial charge is 0.358 e. The summed E-state index contributed by atoms with van der Waals surface area (Å²) in [5.41, 5.74) is 0. The van der Waals surface area contributed by atoms with Gasteiger partial charge in [-0.2, -0.15) is 0 Å². The van der Waals surface area contributed by atoms with Crippen molar-refractivity contribution in [2.45, 2.75) is 89.9 Å². The van der Waals surface area contributed by atoms with Crippen LogP contribution in [0.5, 0.6) is 0 Å². The van der Waals surface area contributed by atoms with Gasteiger partial charge in [-0.25, -0.2) is 0 Å². The Morgan fingerprint density at radius 3 is 1.30 bits per heavy atom. The number of hydrogen-bond donors (Lipinski definition) is 0. The largest absolute Gasteiger partial charge is 4.00 e. The SMILES string of the molecule is C1CCC2C(C1)CCC2CCC1CCC2CCCCC21.[CH3-].[CH3-].[Ti+4]. The normalized spacial score (nSPS) is 41.7. The van der Waals surface area contributed by atoms with Crippen molar-refractivity contribution in [1.82, 2.24) is 0 Å². The van der Waals surface area contributed by atoms with E-state index in [-0.39, 0.29) is 36.6 Å². The fourth-order valence-corrected chi connectivity index (χ4v) is 6.86. The predicted octanol–water partition coefficient (Wildman–Crippen LogP) is 7.10. The molecule has 23 heavy (non-hydrogen) atoms. The predicted molar refractivity (Wildman–Crippen MR) is 98.4 cm³/mol. The van der Waals surface area contributed by atoms with E-state index in [1.54, 1.807) is 89.9 Å². The first-order valence-corrected chi connectivity index (χ1v) is 9.92.